The first-order valence-electron chi connectivity index (χ1n) is 6.17. The molecule has 17 heavy (non-hydrogen) atoms. The largest absolute Gasteiger partial charge is 0.396 e. The van der Waals surface area contributed by atoms with Crippen molar-refractivity contribution in [3.05, 3.63) is 35.5 Å². The molecule has 0 amide bonds. The Kier molecular flexibility index (Phi) is 9.35. The molecule has 0 rings (SSSR count). The lowest BCUT2D eigenvalue weighted by Crippen LogP contribution is -1.90. The summed E-state index contributed by atoms with van der Waals surface area (Å²) in [6, 6.07) is 0. The number of aldehydes is 1. The fourth-order valence-electron chi connectivity index (χ4n) is 1.41. The molecule has 0 fully saturated rings. The maximum absolute atomic E-state index is 10.6. The first kappa shape index (κ1) is 15.9. The van der Waals surface area contributed by atoms with Gasteiger partial charge in [-0.1, -0.05) is 36.8 Å². The lowest BCUT2D eigenvalue weighted by atomic mass is 10.0. The fourth-order valence-corrected chi connectivity index (χ4v) is 1.41. The fraction of sp³-hybridized carbons (Fsp3) is 0.533. The number of aliphatic hydroxyl groups is 1. The summed E-state index contributed by atoms with van der Waals surface area (Å²) in [7, 11) is 0. The van der Waals surface area contributed by atoms with Crippen molar-refractivity contribution in [2.24, 2.45) is 5.92 Å². The molecule has 2 nitrogen and oxygen atoms in total. The van der Waals surface area contributed by atoms with Gasteiger partial charge in [0.2, 0.25) is 0 Å². The van der Waals surface area contributed by atoms with E-state index >= 15 is 0 Å². The first-order valence-corrected chi connectivity index (χ1v) is 6.17. The Hall–Kier alpha value is -1.15. The zero-order valence-electron chi connectivity index (χ0n) is 11.1. The van der Waals surface area contributed by atoms with Crippen molar-refractivity contribution in [3.63, 3.8) is 0 Å². The normalized spacial score (nSPS) is 13.8. The van der Waals surface area contributed by atoms with Crippen LogP contribution in [-0.2, 0) is 4.79 Å². The molecule has 96 valence electrons. The predicted molar refractivity (Wildman–Crippen MR) is 72.8 cm³/mol. The number of allylic oxidation sites excluding steroid dienone is 5. The van der Waals surface area contributed by atoms with Crippen molar-refractivity contribution in [1.82, 2.24) is 0 Å². The third-order valence-electron chi connectivity index (χ3n) is 2.48. The smallest absolute Gasteiger partial charge is 0.146 e. The highest BCUT2D eigenvalue weighted by Gasteiger charge is 1.95. The second kappa shape index (κ2) is 10.0. The summed E-state index contributed by atoms with van der Waals surface area (Å²) in [6.45, 7) is 6.40. The van der Waals surface area contributed by atoms with Gasteiger partial charge in [0, 0.05) is 6.61 Å². The van der Waals surface area contributed by atoms with Gasteiger partial charge in [0.05, 0.1) is 0 Å². The van der Waals surface area contributed by atoms with Gasteiger partial charge < -0.3 is 5.11 Å². The van der Waals surface area contributed by atoms with Gasteiger partial charge in [0.15, 0.2) is 0 Å². The molecule has 1 atom stereocenters. The highest BCUT2D eigenvalue weighted by molar-refractivity contribution is 5.73. The van der Waals surface area contributed by atoms with Crippen LogP contribution in [0.5, 0.6) is 0 Å². The van der Waals surface area contributed by atoms with Gasteiger partial charge in [-0.2, -0.15) is 0 Å². The van der Waals surface area contributed by atoms with E-state index in [1.54, 1.807) is 6.08 Å². The number of carbonyl (C=O) groups excluding carboxylic acids is 1. The van der Waals surface area contributed by atoms with Crippen LogP contribution in [0.3, 0.4) is 0 Å². The van der Waals surface area contributed by atoms with E-state index in [4.69, 9.17) is 5.11 Å². The van der Waals surface area contributed by atoms with E-state index < -0.39 is 0 Å². The molecule has 0 aromatic heterocycles. The van der Waals surface area contributed by atoms with Crippen molar-refractivity contribution in [1.29, 1.82) is 0 Å². The van der Waals surface area contributed by atoms with Crippen LogP contribution in [0.25, 0.3) is 0 Å². The molecule has 0 heterocycles. The summed E-state index contributed by atoms with van der Waals surface area (Å²) >= 11 is 0. The average molecular weight is 236 g/mol. The SMILES string of the molecule is CC(C)=CCCC(C)C=CC=C(C=O)CCO. The maximum atomic E-state index is 10.6. The molecule has 0 saturated heterocycles. The summed E-state index contributed by atoms with van der Waals surface area (Å²) in [4.78, 5) is 10.6. The Bertz CT molecular complexity index is 294. The van der Waals surface area contributed by atoms with Gasteiger partial charge in [-0.3, -0.25) is 4.79 Å². The molecule has 1 N–H and O–H groups in total. The van der Waals surface area contributed by atoms with Crippen LogP contribution in [-0.4, -0.2) is 18.0 Å². The van der Waals surface area contributed by atoms with Crippen molar-refractivity contribution in [2.45, 2.75) is 40.0 Å². The Morgan fingerprint density at radius 2 is 2.06 bits per heavy atom. The van der Waals surface area contributed by atoms with Crippen molar-refractivity contribution < 1.29 is 9.90 Å². The summed E-state index contributed by atoms with van der Waals surface area (Å²) in [5, 5.41) is 8.71. The van der Waals surface area contributed by atoms with E-state index in [0.717, 1.165) is 19.1 Å². The molecule has 0 aromatic rings. The van der Waals surface area contributed by atoms with E-state index in [2.05, 4.69) is 32.9 Å². The number of hydrogen-bond donors (Lipinski definition) is 1. The molecule has 0 saturated carbocycles. The van der Waals surface area contributed by atoms with E-state index in [1.165, 1.54) is 5.57 Å². The molecule has 0 radical (unpaired) electrons. The molecule has 0 aliphatic rings. The second-order valence-electron chi connectivity index (χ2n) is 4.55. The average Bonchev–Trinajstić information content (AvgIpc) is 2.27. The molecule has 1 unspecified atom stereocenters. The number of carbonyl (C=O) groups is 1. The van der Waals surface area contributed by atoms with Gasteiger partial charge >= 0.3 is 0 Å². The first-order chi connectivity index (χ1) is 8.10. The van der Waals surface area contributed by atoms with Gasteiger partial charge in [-0.15, -0.1) is 0 Å². The molecule has 0 aromatic carbocycles. The molecule has 0 aliphatic heterocycles. The number of aliphatic hydroxyl groups excluding tert-OH is 1. The lowest BCUT2D eigenvalue weighted by molar-refractivity contribution is -0.105. The maximum Gasteiger partial charge on any atom is 0.146 e. The van der Waals surface area contributed by atoms with Crippen LogP contribution < -0.4 is 0 Å². The van der Waals surface area contributed by atoms with Crippen LogP contribution in [0.15, 0.2) is 35.5 Å². The third-order valence-corrected chi connectivity index (χ3v) is 2.48. The van der Waals surface area contributed by atoms with Crippen molar-refractivity contribution >= 4 is 6.29 Å². The standard InChI is InChI=1S/C15H24O2/c1-13(2)6-4-7-14(3)8-5-9-15(12-17)10-11-16/h5-6,8-9,12,14,16H,4,7,10-11H2,1-3H3. The minimum atomic E-state index is 0.0224. The summed E-state index contributed by atoms with van der Waals surface area (Å²) in [5.41, 5.74) is 1.99. The molecular formula is C15H24O2. The highest BCUT2D eigenvalue weighted by Crippen LogP contribution is 2.09. The predicted octanol–water partition coefficient (Wildman–Crippen LogP) is 3.43. The van der Waals surface area contributed by atoms with Crippen LogP contribution in [0, 0.1) is 5.92 Å². The Labute approximate surface area is 105 Å². The van der Waals surface area contributed by atoms with E-state index in [9.17, 15) is 4.79 Å². The molecular weight excluding hydrogens is 212 g/mol. The molecule has 2 heteroatoms. The van der Waals surface area contributed by atoms with Gasteiger partial charge in [0.25, 0.3) is 0 Å². The minimum Gasteiger partial charge on any atom is -0.396 e. The minimum absolute atomic E-state index is 0.0224. The topological polar surface area (TPSA) is 37.3 Å². The Morgan fingerprint density at radius 3 is 2.59 bits per heavy atom. The third kappa shape index (κ3) is 9.76. The van der Waals surface area contributed by atoms with Crippen LogP contribution in [0.1, 0.15) is 40.0 Å². The molecule has 0 aliphatic carbocycles. The zero-order valence-corrected chi connectivity index (χ0v) is 11.1. The van der Waals surface area contributed by atoms with Crippen LogP contribution in [0.4, 0.5) is 0 Å². The second-order valence-corrected chi connectivity index (χ2v) is 4.55. The van der Waals surface area contributed by atoms with E-state index in [0.29, 0.717) is 17.9 Å². The van der Waals surface area contributed by atoms with Gasteiger partial charge in [-0.25, -0.2) is 0 Å². The van der Waals surface area contributed by atoms with Gasteiger partial charge in [0.1, 0.15) is 6.29 Å². The summed E-state index contributed by atoms with van der Waals surface area (Å²) < 4.78 is 0. The van der Waals surface area contributed by atoms with Crippen LogP contribution in [0.2, 0.25) is 0 Å². The van der Waals surface area contributed by atoms with E-state index in [-0.39, 0.29) is 6.61 Å². The number of rotatable bonds is 8. The summed E-state index contributed by atoms with van der Waals surface area (Å²) in [5.74, 6) is 0.504. The van der Waals surface area contributed by atoms with Crippen LogP contribution >= 0.6 is 0 Å². The quantitative estimate of drug-likeness (QED) is 0.303. The van der Waals surface area contributed by atoms with E-state index in [1.807, 2.05) is 6.08 Å². The molecule has 0 spiro atoms. The lowest BCUT2D eigenvalue weighted by Gasteiger charge is -2.02. The van der Waals surface area contributed by atoms with Crippen molar-refractivity contribution in [3.8, 4) is 0 Å². The molecule has 0 bridgehead atoms. The summed E-state index contributed by atoms with van der Waals surface area (Å²) in [6.07, 6.45) is 11.5. The van der Waals surface area contributed by atoms with Crippen molar-refractivity contribution in [2.75, 3.05) is 6.61 Å². The monoisotopic (exact) mass is 236 g/mol. The Morgan fingerprint density at radius 1 is 1.35 bits per heavy atom. The highest BCUT2D eigenvalue weighted by atomic mass is 16.3. The number of hydrogen-bond acceptors (Lipinski definition) is 2. The zero-order chi connectivity index (χ0) is 13.1. The Balaban J connectivity index is 4.05. The van der Waals surface area contributed by atoms with Gasteiger partial charge in [-0.05, 0) is 44.6 Å².